The lowest BCUT2D eigenvalue weighted by atomic mass is 10.1. The second-order valence-electron chi connectivity index (χ2n) is 5.44. The van der Waals surface area contributed by atoms with Gasteiger partial charge < -0.3 is 15.0 Å². The number of aromatic nitrogens is 1. The van der Waals surface area contributed by atoms with Crippen LogP contribution >= 0.6 is 0 Å². The average Bonchev–Trinajstić information content (AvgIpc) is 3.12. The number of carbonyl (C=O) groups excluding carboxylic acids is 1. The topological polar surface area (TPSA) is 56.3 Å². The van der Waals surface area contributed by atoms with Crippen LogP contribution in [0.5, 0.6) is 0 Å². The second-order valence-corrected chi connectivity index (χ2v) is 5.44. The van der Waals surface area contributed by atoms with E-state index >= 15 is 0 Å². The number of amides is 1. The van der Waals surface area contributed by atoms with Crippen molar-refractivity contribution < 1.29 is 9.90 Å². The molecule has 2 aromatic rings. The molecule has 0 saturated carbocycles. The minimum absolute atomic E-state index is 0.119. The third-order valence-electron chi connectivity index (χ3n) is 4.13. The summed E-state index contributed by atoms with van der Waals surface area (Å²) < 4.78 is 0. The lowest BCUT2D eigenvalue weighted by molar-refractivity contribution is 0.0724. The standard InChI is InChI=1S/C16H20N2O2/c19-10-2-4-14-3-1-9-18(14)16(20)13-5-6-15-12(11-13)7-8-17-15/h5-8,11,14,17,19H,1-4,9-10H2. The molecule has 1 atom stereocenters. The number of aliphatic hydroxyl groups excluding tert-OH is 1. The first-order valence-electron chi connectivity index (χ1n) is 7.28. The molecule has 1 amide bonds. The van der Waals surface area contributed by atoms with Gasteiger partial charge in [0.15, 0.2) is 0 Å². The highest BCUT2D eigenvalue weighted by molar-refractivity contribution is 5.98. The van der Waals surface area contributed by atoms with E-state index in [0.29, 0.717) is 0 Å². The molecule has 0 bridgehead atoms. The summed E-state index contributed by atoms with van der Waals surface area (Å²) in [5.74, 6) is 0.119. The molecule has 2 N–H and O–H groups in total. The zero-order valence-corrected chi connectivity index (χ0v) is 11.5. The SMILES string of the molecule is O=C(c1ccc2[nH]ccc2c1)N1CCCC1CCCO. The quantitative estimate of drug-likeness (QED) is 0.898. The van der Waals surface area contributed by atoms with Crippen molar-refractivity contribution >= 4 is 16.8 Å². The zero-order chi connectivity index (χ0) is 13.9. The Morgan fingerprint density at radius 3 is 3.15 bits per heavy atom. The van der Waals surface area contributed by atoms with Crippen LogP contribution in [0.1, 0.15) is 36.0 Å². The Morgan fingerprint density at radius 1 is 1.40 bits per heavy atom. The number of likely N-dealkylation sites (tertiary alicyclic amines) is 1. The third kappa shape index (κ3) is 2.43. The zero-order valence-electron chi connectivity index (χ0n) is 11.5. The molecule has 0 spiro atoms. The maximum absolute atomic E-state index is 12.6. The Morgan fingerprint density at radius 2 is 2.30 bits per heavy atom. The Balaban J connectivity index is 1.79. The summed E-state index contributed by atoms with van der Waals surface area (Å²) in [6, 6.07) is 8.08. The fraction of sp³-hybridized carbons (Fsp3) is 0.438. The van der Waals surface area contributed by atoms with Crippen LogP contribution in [0.3, 0.4) is 0 Å². The van der Waals surface area contributed by atoms with E-state index in [9.17, 15) is 4.79 Å². The van der Waals surface area contributed by atoms with Gasteiger partial charge in [-0.1, -0.05) is 0 Å². The fourth-order valence-electron chi connectivity index (χ4n) is 3.08. The van der Waals surface area contributed by atoms with Crippen molar-refractivity contribution in [1.82, 2.24) is 9.88 Å². The van der Waals surface area contributed by atoms with Crippen LogP contribution in [0.4, 0.5) is 0 Å². The molecule has 1 aromatic carbocycles. The molecule has 1 saturated heterocycles. The predicted molar refractivity (Wildman–Crippen MR) is 78.7 cm³/mol. The van der Waals surface area contributed by atoms with Crippen molar-refractivity contribution in [2.75, 3.05) is 13.2 Å². The monoisotopic (exact) mass is 272 g/mol. The van der Waals surface area contributed by atoms with E-state index in [4.69, 9.17) is 5.11 Å². The maximum atomic E-state index is 12.6. The van der Waals surface area contributed by atoms with Crippen molar-refractivity contribution in [3.05, 3.63) is 36.0 Å². The summed E-state index contributed by atoms with van der Waals surface area (Å²) in [7, 11) is 0. The summed E-state index contributed by atoms with van der Waals surface area (Å²) in [5.41, 5.74) is 1.81. The minimum Gasteiger partial charge on any atom is -0.396 e. The molecule has 3 rings (SSSR count). The van der Waals surface area contributed by atoms with Gasteiger partial charge in [-0.25, -0.2) is 0 Å². The van der Waals surface area contributed by atoms with Crippen molar-refractivity contribution in [3.63, 3.8) is 0 Å². The molecule has 0 radical (unpaired) electrons. The Hall–Kier alpha value is -1.81. The molecule has 1 fully saturated rings. The van der Waals surface area contributed by atoms with Crippen LogP contribution in [0.15, 0.2) is 30.5 Å². The number of hydrogen-bond acceptors (Lipinski definition) is 2. The predicted octanol–water partition coefficient (Wildman–Crippen LogP) is 2.55. The number of aliphatic hydroxyl groups is 1. The van der Waals surface area contributed by atoms with Crippen LogP contribution < -0.4 is 0 Å². The summed E-state index contributed by atoms with van der Waals surface area (Å²) in [6.07, 6.45) is 5.67. The number of nitrogens with one attached hydrogen (secondary N) is 1. The highest BCUT2D eigenvalue weighted by Gasteiger charge is 2.28. The van der Waals surface area contributed by atoms with Gasteiger partial charge in [-0.05, 0) is 49.9 Å². The Bertz CT molecular complexity index is 605. The van der Waals surface area contributed by atoms with E-state index in [-0.39, 0.29) is 18.6 Å². The van der Waals surface area contributed by atoms with Crippen LogP contribution in [0.25, 0.3) is 10.9 Å². The summed E-state index contributed by atoms with van der Waals surface area (Å²) in [6.45, 7) is 1.04. The second kappa shape index (κ2) is 5.67. The molecule has 1 unspecified atom stereocenters. The first-order valence-corrected chi connectivity index (χ1v) is 7.28. The van der Waals surface area contributed by atoms with Gasteiger partial charge in [-0.3, -0.25) is 4.79 Å². The van der Waals surface area contributed by atoms with Crippen LogP contribution in [-0.4, -0.2) is 40.1 Å². The van der Waals surface area contributed by atoms with E-state index in [1.165, 1.54) is 0 Å². The molecular formula is C16H20N2O2. The molecule has 1 aliphatic heterocycles. The Kier molecular flexibility index (Phi) is 3.74. The average molecular weight is 272 g/mol. The first-order chi connectivity index (χ1) is 9.79. The number of aromatic amines is 1. The number of benzene rings is 1. The number of nitrogens with zero attached hydrogens (tertiary/aromatic N) is 1. The van der Waals surface area contributed by atoms with Gasteiger partial charge >= 0.3 is 0 Å². The molecule has 2 heterocycles. The third-order valence-corrected chi connectivity index (χ3v) is 4.13. The number of carbonyl (C=O) groups is 1. The number of hydrogen-bond donors (Lipinski definition) is 2. The van der Waals surface area contributed by atoms with Gasteiger partial charge in [0.2, 0.25) is 0 Å². The molecule has 0 aliphatic carbocycles. The van der Waals surface area contributed by atoms with E-state index in [1.807, 2.05) is 35.4 Å². The Labute approximate surface area is 118 Å². The smallest absolute Gasteiger partial charge is 0.254 e. The number of fused-ring (bicyclic) bond motifs is 1. The van der Waals surface area contributed by atoms with Gasteiger partial charge in [0.1, 0.15) is 0 Å². The maximum Gasteiger partial charge on any atom is 0.254 e. The van der Waals surface area contributed by atoms with Gasteiger partial charge in [-0.15, -0.1) is 0 Å². The highest BCUT2D eigenvalue weighted by atomic mass is 16.3. The fourth-order valence-corrected chi connectivity index (χ4v) is 3.08. The van der Waals surface area contributed by atoms with Crippen LogP contribution in [-0.2, 0) is 0 Å². The number of rotatable bonds is 4. The molecular weight excluding hydrogens is 252 g/mol. The summed E-state index contributed by atoms with van der Waals surface area (Å²) in [4.78, 5) is 17.8. The highest BCUT2D eigenvalue weighted by Crippen LogP contribution is 2.24. The number of H-pyrrole nitrogens is 1. The van der Waals surface area contributed by atoms with Crippen LogP contribution in [0, 0.1) is 0 Å². The van der Waals surface area contributed by atoms with Gasteiger partial charge in [-0.2, -0.15) is 0 Å². The minimum atomic E-state index is 0.119. The van der Waals surface area contributed by atoms with E-state index in [0.717, 1.165) is 48.7 Å². The molecule has 4 heteroatoms. The van der Waals surface area contributed by atoms with Crippen LogP contribution in [0.2, 0.25) is 0 Å². The summed E-state index contributed by atoms with van der Waals surface area (Å²) >= 11 is 0. The first kappa shape index (κ1) is 13.2. The van der Waals surface area contributed by atoms with Crippen molar-refractivity contribution in [3.8, 4) is 0 Å². The normalized spacial score (nSPS) is 18.9. The molecule has 106 valence electrons. The summed E-state index contributed by atoms with van der Waals surface area (Å²) in [5, 5.41) is 10.0. The van der Waals surface area contributed by atoms with E-state index in [1.54, 1.807) is 0 Å². The lowest BCUT2D eigenvalue weighted by Gasteiger charge is -2.24. The van der Waals surface area contributed by atoms with Crippen molar-refractivity contribution in [2.45, 2.75) is 31.7 Å². The lowest BCUT2D eigenvalue weighted by Crippen LogP contribution is -2.35. The van der Waals surface area contributed by atoms with Gasteiger partial charge in [0, 0.05) is 41.9 Å². The van der Waals surface area contributed by atoms with Gasteiger partial charge in [0.25, 0.3) is 5.91 Å². The molecule has 1 aromatic heterocycles. The van der Waals surface area contributed by atoms with E-state index in [2.05, 4.69) is 4.98 Å². The van der Waals surface area contributed by atoms with Gasteiger partial charge in [0.05, 0.1) is 0 Å². The van der Waals surface area contributed by atoms with Crippen molar-refractivity contribution in [1.29, 1.82) is 0 Å². The molecule has 20 heavy (non-hydrogen) atoms. The molecule has 4 nitrogen and oxygen atoms in total. The van der Waals surface area contributed by atoms with E-state index < -0.39 is 0 Å². The molecule has 1 aliphatic rings. The van der Waals surface area contributed by atoms with Crippen molar-refractivity contribution in [2.24, 2.45) is 0 Å². The largest absolute Gasteiger partial charge is 0.396 e.